The number of hydrogen-bond acceptors (Lipinski definition) is 5. The Bertz CT molecular complexity index is 1850. The highest BCUT2D eigenvalue weighted by Gasteiger charge is 2.28. The van der Waals surface area contributed by atoms with Gasteiger partial charge in [0.05, 0.1) is 39.9 Å². The first kappa shape index (κ1) is 81.6. The van der Waals surface area contributed by atoms with Gasteiger partial charge in [-0.15, -0.1) is 0 Å². The van der Waals surface area contributed by atoms with Crippen LogP contribution in [0.2, 0.25) is 0 Å². The molecule has 0 aromatic rings. The zero-order chi connectivity index (χ0) is 61.9. The molecule has 0 aliphatic heterocycles. The van der Waals surface area contributed by atoms with E-state index in [2.05, 4.69) is 141 Å². The lowest BCUT2D eigenvalue weighted by molar-refractivity contribution is -0.870. The van der Waals surface area contributed by atoms with Crippen molar-refractivity contribution < 1.29 is 32.9 Å². The van der Waals surface area contributed by atoms with Crippen LogP contribution >= 0.6 is 7.82 Å². The van der Waals surface area contributed by atoms with E-state index >= 15 is 0 Å². The molecule has 0 bridgehead atoms. The largest absolute Gasteiger partial charge is 0.472 e. The number of allylic oxidation sites excluding steroid dienone is 21. The van der Waals surface area contributed by atoms with Crippen molar-refractivity contribution in [2.24, 2.45) is 0 Å². The number of carbonyl (C=O) groups is 1. The van der Waals surface area contributed by atoms with Crippen molar-refractivity contribution in [1.29, 1.82) is 0 Å². The second-order valence-corrected chi connectivity index (χ2v) is 26.0. The molecule has 0 saturated carbocycles. The summed E-state index contributed by atoms with van der Waals surface area (Å²) in [5.74, 6) is -0.196. The summed E-state index contributed by atoms with van der Waals surface area (Å²) < 4.78 is 23.8. The number of nitrogens with one attached hydrogen (secondary N) is 1. The van der Waals surface area contributed by atoms with E-state index < -0.39 is 20.0 Å². The van der Waals surface area contributed by atoms with Crippen LogP contribution in [0.15, 0.2) is 134 Å². The zero-order valence-corrected chi connectivity index (χ0v) is 56.7. The Labute approximate surface area is 526 Å². The summed E-state index contributed by atoms with van der Waals surface area (Å²) in [5.41, 5.74) is 0. The lowest BCUT2D eigenvalue weighted by atomic mass is 10.0. The minimum atomic E-state index is -4.37. The molecule has 0 aliphatic carbocycles. The number of rotatable bonds is 63. The van der Waals surface area contributed by atoms with Gasteiger partial charge in [-0.2, -0.15) is 0 Å². The van der Waals surface area contributed by atoms with Crippen LogP contribution in [0.5, 0.6) is 0 Å². The molecule has 9 heteroatoms. The minimum absolute atomic E-state index is 0.0489. The van der Waals surface area contributed by atoms with Crippen LogP contribution in [0.25, 0.3) is 0 Å². The maximum absolute atomic E-state index is 13.0. The molecule has 0 saturated heterocycles. The van der Waals surface area contributed by atoms with Crippen LogP contribution < -0.4 is 5.32 Å². The highest BCUT2D eigenvalue weighted by molar-refractivity contribution is 7.47. The second-order valence-electron chi connectivity index (χ2n) is 24.5. The van der Waals surface area contributed by atoms with Gasteiger partial charge in [-0.05, 0) is 103 Å². The number of aliphatic hydroxyl groups is 1. The first-order valence-electron chi connectivity index (χ1n) is 35.1. The molecule has 3 atom stereocenters. The number of likely N-dealkylation sites (N-methyl/N-ethyl adjacent to an activating group) is 1. The molecule has 3 N–H and O–H groups in total. The van der Waals surface area contributed by atoms with Crippen molar-refractivity contribution in [1.82, 2.24) is 5.32 Å². The van der Waals surface area contributed by atoms with Crippen molar-refractivity contribution in [2.75, 3.05) is 40.9 Å². The summed E-state index contributed by atoms with van der Waals surface area (Å²) in [6, 6.07) is -0.878. The van der Waals surface area contributed by atoms with Crippen molar-refractivity contribution in [3.63, 3.8) is 0 Å². The molecular formula is C76H134N2O6P+. The Morgan fingerprint density at radius 2 is 0.718 bits per heavy atom. The standard InChI is InChI=1S/C76H133N2O6P/c1-6-8-10-12-14-16-18-20-22-24-26-28-30-32-34-35-36-37-38-39-40-41-42-43-44-46-48-50-52-54-56-58-60-62-64-66-68-70-76(80)77-74(73-84-85(81,82)83-72-71-78(3,4)5)75(79)69-67-65-63-61-59-57-55-53-51-49-47-45-33-31-29-27-25-23-21-19-17-15-13-11-9-7-2/h8,10,14,16,20,22,26,28,32,34,36-37,39-40,42-43,46,48,59,61,67,69,74-75,79H,6-7,9,11-13,15,17-19,21,23-25,27,29-31,33,35,38,41,44-45,47,49-58,60,62-66,68,70-73H2,1-5H3,(H-,77,80,81,82)/p+1/b10-8-,16-14-,22-20-,28-26-,34-32-,37-36-,40-39-,43-42-,48-46-,61-59+,69-67+. The van der Waals surface area contributed by atoms with Crippen LogP contribution in [0.3, 0.4) is 0 Å². The molecule has 0 fully saturated rings. The van der Waals surface area contributed by atoms with Crippen molar-refractivity contribution in [3.8, 4) is 0 Å². The monoisotopic (exact) mass is 1200 g/mol. The van der Waals surface area contributed by atoms with Gasteiger partial charge in [-0.25, -0.2) is 4.57 Å². The lowest BCUT2D eigenvalue weighted by Crippen LogP contribution is -2.45. The third-order valence-electron chi connectivity index (χ3n) is 15.1. The van der Waals surface area contributed by atoms with Crippen LogP contribution in [0.4, 0.5) is 0 Å². The molecule has 8 nitrogen and oxygen atoms in total. The van der Waals surface area contributed by atoms with Gasteiger partial charge in [0.1, 0.15) is 13.2 Å². The summed E-state index contributed by atoms with van der Waals surface area (Å²) in [5, 5.41) is 14.0. The van der Waals surface area contributed by atoms with Gasteiger partial charge < -0.3 is 19.8 Å². The summed E-state index contributed by atoms with van der Waals surface area (Å²) in [7, 11) is 1.54. The Kier molecular flexibility index (Phi) is 62.5. The summed E-state index contributed by atoms with van der Waals surface area (Å²) >= 11 is 0. The number of hydrogen-bond donors (Lipinski definition) is 3. The van der Waals surface area contributed by atoms with Crippen LogP contribution in [-0.4, -0.2) is 73.4 Å². The van der Waals surface area contributed by atoms with Crippen LogP contribution in [0.1, 0.15) is 290 Å². The lowest BCUT2D eigenvalue weighted by Gasteiger charge is -2.25. The van der Waals surface area contributed by atoms with Gasteiger partial charge in [0.25, 0.3) is 0 Å². The van der Waals surface area contributed by atoms with E-state index in [1.54, 1.807) is 6.08 Å². The average molecular weight is 1200 g/mol. The number of aliphatic hydroxyl groups excluding tert-OH is 1. The normalized spacial score (nSPS) is 14.5. The zero-order valence-electron chi connectivity index (χ0n) is 55.8. The van der Waals surface area contributed by atoms with E-state index in [0.717, 1.165) is 103 Å². The Morgan fingerprint density at radius 3 is 1.08 bits per heavy atom. The molecule has 0 rings (SSSR count). The Hall–Kier alpha value is -3.36. The number of phosphoric acid groups is 1. The molecule has 0 radical (unpaired) electrons. The predicted octanol–water partition coefficient (Wildman–Crippen LogP) is 22.6. The highest BCUT2D eigenvalue weighted by atomic mass is 31.2. The average Bonchev–Trinajstić information content (AvgIpc) is 3.49. The fourth-order valence-electron chi connectivity index (χ4n) is 9.70. The number of phosphoric ester groups is 1. The second kappa shape index (κ2) is 65.1. The fraction of sp³-hybridized carbons (Fsp3) is 0.697. The first-order valence-corrected chi connectivity index (χ1v) is 36.6. The highest BCUT2D eigenvalue weighted by Crippen LogP contribution is 2.43. The first-order chi connectivity index (χ1) is 41.5. The summed E-state index contributed by atoms with van der Waals surface area (Å²) in [4.78, 5) is 23.4. The van der Waals surface area contributed by atoms with Crippen LogP contribution in [0, 0.1) is 0 Å². The maximum atomic E-state index is 13.0. The van der Waals surface area contributed by atoms with E-state index in [4.69, 9.17) is 9.05 Å². The Morgan fingerprint density at radius 1 is 0.412 bits per heavy atom. The molecule has 0 aromatic carbocycles. The molecule has 0 spiro atoms. The number of nitrogens with zero attached hydrogens (tertiary/aromatic N) is 1. The molecule has 488 valence electrons. The van der Waals surface area contributed by atoms with Gasteiger partial charge in [0, 0.05) is 6.42 Å². The summed E-state index contributed by atoms with van der Waals surface area (Å²) in [6.07, 6.45) is 98.8. The van der Waals surface area contributed by atoms with E-state index in [1.807, 2.05) is 27.2 Å². The topological polar surface area (TPSA) is 105 Å². The fourth-order valence-corrected chi connectivity index (χ4v) is 10.4. The van der Waals surface area contributed by atoms with Crippen molar-refractivity contribution in [3.05, 3.63) is 134 Å². The van der Waals surface area contributed by atoms with E-state index in [1.165, 1.54) is 167 Å². The van der Waals surface area contributed by atoms with E-state index in [0.29, 0.717) is 17.4 Å². The predicted molar refractivity (Wildman–Crippen MR) is 373 cm³/mol. The SMILES string of the molecule is CC/C=C\C/C=C\C/C=C\C/C=C\C/C=C\C/C=C\C/C=C\C/C=C\C/C=C\CCCCCCCCCCCC(=O)NC(COP(=O)(O)OCC[N+](C)(C)C)C(O)/C=C/CC/C=C/CCCCCCCCCCCCCCCCCCCCCC. The number of carbonyl (C=O) groups excluding carboxylic acids is 1. The van der Waals surface area contributed by atoms with Gasteiger partial charge in [-0.1, -0.05) is 314 Å². The third kappa shape index (κ3) is 68.0. The minimum Gasteiger partial charge on any atom is -0.387 e. The quantitative estimate of drug-likeness (QED) is 0.0243. The molecule has 3 unspecified atom stereocenters. The molecular weight excluding hydrogens is 1070 g/mol. The number of quaternary nitrogens is 1. The smallest absolute Gasteiger partial charge is 0.387 e. The number of amides is 1. The molecule has 85 heavy (non-hydrogen) atoms. The van der Waals surface area contributed by atoms with Gasteiger partial charge in [0.2, 0.25) is 5.91 Å². The van der Waals surface area contributed by atoms with Gasteiger partial charge in [-0.3, -0.25) is 13.8 Å². The van der Waals surface area contributed by atoms with E-state index in [-0.39, 0.29) is 19.1 Å². The maximum Gasteiger partial charge on any atom is 0.472 e. The molecule has 0 aliphatic rings. The van der Waals surface area contributed by atoms with Crippen molar-refractivity contribution in [2.45, 2.75) is 302 Å². The molecule has 0 aromatic heterocycles. The van der Waals surface area contributed by atoms with E-state index in [9.17, 15) is 19.4 Å². The van der Waals surface area contributed by atoms with Crippen LogP contribution in [-0.2, 0) is 18.4 Å². The van der Waals surface area contributed by atoms with Gasteiger partial charge >= 0.3 is 7.82 Å². The number of unbranched alkanes of at least 4 members (excludes halogenated alkanes) is 30. The third-order valence-corrected chi connectivity index (χ3v) is 16.1. The summed E-state index contributed by atoms with van der Waals surface area (Å²) in [6.45, 7) is 4.69. The Balaban J connectivity index is 4.18. The molecule has 0 heterocycles. The molecule has 1 amide bonds. The van der Waals surface area contributed by atoms with Crippen molar-refractivity contribution >= 4 is 13.7 Å². The van der Waals surface area contributed by atoms with Gasteiger partial charge in [0.15, 0.2) is 0 Å².